The molecular formula is C9H15NO5S. The van der Waals surface area contributed by atoms with E-state index in [2.05, 4.69) is 0 Å². The van der Waals surface area contributed by atoms with Crippen LogP contribution in [0.25, 0.3) is 0 Å². The lowest BCUT2D eigenvalue weighted by molar-refractivity contribution is -0.150. The Morgan fingerprint density at radius 1 is 1.25 bits per heavy atom. The molecule has 1 aliphatic rings. The first kappa shape index (κ1) is 13.0. The van der Waals surface area contributed by atoms with E-state index in [1.54, 1.807) is 0 Å². The Morgan fingerprint density at radius 3 is 2.44 bits per heavy atom. The van der Waals surface area contributed by atoms with Gasteiger partial charge < -0.3 is 10.0 Å². The molecule has 1 heterocycles. The summed E-state index contributed by atoms with van der Waals surface area (Å²) in [6, 6.07) is 0. The van der Waals surface area contributed by atoms with Crippen molar-refractivity contribution in [1.82, 2.24) is 4.90 Å². The zero-order chi connectivity index (χ0) is 12.3. The van der Waals surface area contributed by atoms with Crippen LogP contribution in [0, 0.1) is 5.92 Å². The molecule has 1 amide bonds. The van der Waals surface area contributed by atoms with Crippen molar-refractivity contribution in [2.24, 2.45) is 5.92 Å². The first-order valence-corrected chi connectivity index (χ1v) is 6.87. The number of carbonyl (C=O) groups is 2. The highest BCUT2D eigenvalue weighted by Gasteiger charge is 2.28. The van der Waals surface area contributed by atoms with Gasteiger partial charge in [-0.2, -0.15) is 0 Å². The van der Waals surface area contributed by atoms with E-state index >= 15 is 0 Å². The quantitative estimate of drug-likeness (QED) is 0.657. The van der Waals surface area contributed by atoms with Crippen molar-refractivity contribution in [2.75, 3.05) is 24.6 Å². The Hall–Kier alpha value is -1.11. The first-order chi connectivity index (χ1) is 7.33. The summed E-state index contributed by atoms with van der Waals surface area (Å²) >= 11 is 0. The van der Waals surface area contributed by atoms with Gasteiger partial charge in [-0.3, -0.25) is 9.59 Å². The van der Waals surface area contributed by atoms with Crippen LogP contribution in [0.2, 0.25) is 0 Å². The van der Waals surface area contributed by atoms with Gasteiger partial charge in [0.1, 0.15) is 5.92 Å². The van der Waals surface area contributed by atoms with E-state index in [9.17, 15) is 18.0 Å². The van der Waals surface area contributed by atoms with E-state index in [1.807, 2.05) is 0 Å². The highest BCUT2D eigenvalue weighted by atomic mass is 32.2. The van der Waals surface area contributed by atoms with Crippen LogP contribution < -0.4 is 0 Å². The van der Waals surface area contributed by atoms with Crippen LogP contribution in [0.5, 0.6) is 0 Å². The summed E-state index contributed by atoms with van der Waals surface area (Å²) in [5.74, 6) is -2.81. The third-order valence-corrected chi connectivity index (χ3v) is 4.32. The first-order valence-electron chi connectivity index (χ1n) is 5.05. The fourth-order valence-electron chi connectivity index (χ4n) is 1.54. The van der Waals surface area contributed by atoms with Gasteiger partial charge in [-0.15, -0.1) is 0 Å². The number of aliphatic carboxylic acids is 1. The molecule has 0 bridgehead atoms. The molecule has 7 heteroatoms. The number of carboxylic acid groups (broad SMARTS) is 1. The lowest BCUT2D eigenvalue weighted by Gasteiger charge is -2.21. The summed E-state index contributed by atoms with van der Waals surface area (Å²) in [5, 5.41) is 8.69. The van der Waals surface area contributed by atoms with Gasteiger partial charge in [0.05, 0.1) is 11.5 Å². The van der Waals surface area contributed by atoms with Crippen LogP contribution in [0.1, 0.15) is 13.3 Å². The summed E-state index contributed by atoms with van der Waals surface area (Å²) < 4.78 is 22.6. The molecule has 1 atom stereocenters. The van der Waals surface area contributed by atoms with E-state index in [1.165, 1.54) is 11.8 Å². The highest BCUT2D eigenvalue weighted by Crippen LogP contribution is 2.09. The van der Waals surface area contributed by atoms with E-state index in [0.29, 0.717) is 13.0 Å². The van der Waals surface area contributed by atoms with Crippen molar-refractivity contribution < 1.29 is 23.1 Å². The average Bonchev–Trinajstić information content (AvgIpc) is 2.37. The van der Waals surface area contributed by atoms with Crippen molar-refractivity contribution in [3.8, 4) is 0 Å². The average molecular weight is 249 g/mol. The molecule has 1 aliphatic heterocycles. The lowest BCUT2D eigenvalue weighted by atomic mass is 10.1. The number of nitrogens with zero attached hydrogens (tertiary/aromatic N) is 1. The molecule has 1 fully saturated rings. The third-order valence-electron chi connectivity index (χ3n) is 2.61. The van der Waals surface area contributed by atoms with Crippen molar-refractivity contribution >= 4 is 21.7 Å². The third kappa shape index (κ3) is 3.19. The number of carbonyl (C=O) groups excluding carboxylic acids is 1. The molecular weight excluding hydrogens is 234 g/mol. The van der Waals surface area contributed by atoms with Crippen molar-refractivity contribution in [2.45, 2.75) is 13.3 Å². The fourth-order valence-corrected chi connectivity index (χ4v) is 2.81. The SMILES string of the molecule is CC(C(=O)O)C(=O)N1CCCS(=O)(=O)CC1. The van der Waals surface area contributed by atoms with Crippen LogP contribution in [0.15, 0.2) is 0 Å². The number of carboxylic acids is 1. The zero-order valence-electron chi connectivity index (χ0n) is 9.05. The van der Waals surface area contributed by atoms with Crippen LogP contribution in [-0.2, 0) is 19.4 Å². The fraction of sp³-hybridized carbons (Fsp3) is 0.778. The summed E-state index contributed by atoms with van der Waals surface area (Å²) in [6.07, 6.45) is 0.375. The van der Waals surface area contributed by atoms with Gasteiger partial charge in [-0.05, 0) is 13.3 Å². The van der Waals surface area contributed by atoms with E-state index in [-0.39, 0.29) is 18.1 Å². The van der Waals surface area contributed by atoms with Gasteiger partial charge in [0.2, 0.25) is 5.91 Å². The van der Waals surface area contributed by atoms with Crippen molar-refractivity contribution in [3.63, 3.8) is 0 Å². The van der Waals surface area contributed by atoms with E-state index < -0.39 is 27.6 Å². The second-order valence-electron chi connectivity index (χ2n) is 3.89. The predicted molar refractivity (Wildman–Crippen MR) is 56.7 cm³/mol. The van der Waals surface area contributed by atoms with Gasteiger partial charge in [0.25, 0.3) is 0 Å². The molecule has 1 saturated heterocycles. The minimum absolute atomic E-state index is 0.0677. The molecule has 6 nitrogen and oxygen atoms in total. The Balaban J connectivity index is 2.68. The Labute approximate surface area is 94.2 Å². The minimum Gasteiger partial charge on any atom is -0.481 e. The molecule has 0 radical (unpaired) electrons. The second kappa shape index (κ2) is 4.82. The molecule has 16 heavy (non-hydrogen) atoms. The topological polar surface area (TPSA) is 91.8 Å². The zero-order valence-corrected chi connectivity index (χ0v) is 9.87. The highest BCUT2D eigenvalue weighted by molar-refractivity contribution is 7.91. The molecule has 0 aromatic carbocycles. The smallest absolute Gasteiger partial charge is 0.315 e. The molecule has 0 aromatic rings. The summed E-state index contributed by atoms with van der Waals surface area (Å²) in [6.45, 7) is 1.72. The molecule has 0 aliphatic carbocycles. The molecule has 0 spiro atoms. The minimum atomic E-state index is -3.07. The van der Waals surface area contributed by atoms with E-state index in [0.717, 1.165) is 0 Å². The van der Waals surface area contributed by atoms with Gasteiger partial charge in [-0.1, -0.05) is 0 Å². The number of hydrogen-bond acceptors (Lipinski definition) is 4. The van der Waals surface area contributed by atoms with Crippen LogP contribution in [0.4, 0.5) is 0 Å². The van der Waals surface area contributed by atoms with Gasteiger partial charge in [0, 0.05) is 13.1 Å². The number of sulfone groups is 1. The molecule has 1 rings (SSSR count). The Morgan fingerprint density at radius 2 is 1.88 bits per heavy atom. The number of hydrogen-bond donors (Lipinski definition) is 1. The molecule has 92 valence electrons. The maximum atomic E-state index is 11.7. The Kier molecular flexibility index (Phi) is 3.90. The molecule has 0 saturated carbocycles. The summed E-state index contributed by atoms with van der Waals surface area (Å²) in [4.78, 5) is 23.6. The molecule has 0 aromatic heterocycles. The number of rotatable bonds is 2. The number of amides is 1. The van der Waals surface area contributed by atoms with Crippen LogP contribution >= 0.6 is 0 Å². The van der Waals surface area contributed by atoms with Crippen molar-refractivity contribution in [3.05, 3.63) is 0 Å². The summed E-state index contributed by atoms with van der Waals surface area (Å²) in [5.41, 5.74) is 0. The van der Waals surface area contributed by atoms with E-state index in [4.69, 9.17) is 5.11 Å². The van der Waals surface area contributed by atoms with Gasteiger partial charge in [0.15, 0.2) is 9.84 Å². The standard InChI is InChI=1S/C9H15NO5S/c1-7(9(12)13)8(11)10-3-2-5-16(14,15)6-4-10/h7H,2-6H2,1H3,(H,12,13). The largest absolute Gasteiger partial charge is 0.481 e. The monoisotopic (exact) mass is 249 g/mol. The maximum Gasteiger partial charge on any atom is 0.315 e. The van der Waals surface area contributed by atoms with Crippen LogP contribution in [-0.4, -0.2) is 54.9 Å². The predicted octanol–water partition coefficient (Wildman–Crippen LogP) is -0.646. The maximum absolute atomic E-state index is 11.7. The Bertz CT molecular complexity index is 389. The molecule has 1 unspecified atom stereocenters. The van der Waals surface area contributed by atoms with Crippen molar-refractivity contribution in [1.29, 1.82) is 0 Å². The second-order valence-corrected chi connectivity index (χ2v) is 6.19. The normalized spacial score (nSPS) is 22.2. The lowest BCUT2D eigenvalue weighted by Crippen LogP contribution is -2.39. The molecule has 1 N–H and O–H groups in total. The van der Waals surface area contributed by atoms with Gasteiger partial charge in [-0.25, -0.2) is 8.42 Å². The summed E-state index contributed by atoms with van der Waals surface area (Å²) in [7, 11) is -3.07. The van der Waals surface area contributed by atoms with Crippen LogP contribution in [0.3, 0.4) is 0 Å². The van der Waals surface area contributed by atoms with Gasteiger partial charge >= 0.3 is 5.97 Å².